The molecule has 0 saturated carbocycles. The zero-order valence-electron chi connectivity index (χ0n) is 10.7. The normalized spacial score (nSPS) is 11.6. The molecule has 0 aromatic heterocycles. The fourth-order valence-corrected chi connectivity index (χ4v) is 1.06. The van der Waals surface area contributed by atoms with Gasteiger partial charge in [0.25, 0.3) is 0 Å². The van der Waals surface area contributed by atoms with E-state index < -0.39 is 24.6 Å². The molecule has 1 unspecified atom stereocenters. The van der Waals surface area contributed by atoms with Crippen molar-refractivity contribution in [3.8, 4) is 0 Å². The van der Waals surface area contributed by atoms with E-state index in [1.165, 1.54) is 4.90 Å². The minimum atomic E-state index is -1.37. The van der Waals surface area contributed by atoms with Crippen LogP contribution in [0.25, 0.3) is 0 Å². The molecule has 0 heterocycles. The van der Waals surface area contributed by atoms with Crippen molar-refractivity contribution in [1.29, 1.82) is 0 Å². The van der Waals surface area contributed by atoms with Gasteiger partial charge in [-0.05, 0) is 6.92 Å². The lowest BCUT2D eigenvalue weighted by molar-refractivity contribution is -0.140. The van der Waals surface area contributed by atoms with Gasteiger partial charge in [0.15, 0.2) is 6.04 Å². The van der Waals surface area contributed by atoms with Gasteiger partial charge in [0, 0.05) is 20.6 Å². The number of aliphatic carboxylic acids is 1. The minimum absolute atomic E-state index is 0.146. The molecule has 8 nitrogen and oxygen atoms in total. The average Bonchev–Trinajstić information content (AvgIpc) is 2.31. The Kier molecular flexibility index (Phi) is 6.73. The summed E-state index contributed by atoms with van der Waals surface area (Å²) in [6.07, 6.45) is 0. The number of carboxylic acid groups (broad SMARTS) is 1. The predicted molar refractivity (Wildman–Crippen MR) is 63.0 cm³/mol. The highest BCUT2D eigenvalue weighted by atomic mass is 16.4. The standard InChI is InChI=1S/C10H19N3O5/c1-4-13(5-8(15)12(2)3)10(18)11-7(6-14)9(16)17/h7,14H,4-6H2,1-3H3,(H,11,18)(H,16,17). The minimum Gasteiger partial charge on any atom is -0.480 e. The lowest BCUT2D eigenvalue weighted by atomic mass is 10.3. The van der Waals surface area contributed by atoms with Crippen LogP contribution in [0.1, 0.15) is 6.92 Å². The zero-order chi connectivity index (χ0) is 14.3. The third-order valence-corrected chi connectivity index (χ3v) is 2.27. The fraction of sp³-hybridized carbons (Fsp3) is 0.700. The van der Waals surface area contributed by atoms with Crippen molar-refractivity contribution in [2.24, 2.45) is 0 Å². The van der Waals surface area contributed by atoms with Gasteiger partial charge in [0.2, 0.25) is 5.91 Å². The number of nitrogens with one attached hydrogen (secondary N) is 1. The number of aliphatic hydroxyl groups is 1. The first-order valence-corrected chi connectivity index (χ1v) is 5.42. The Hall–Kier alpha value is -1.83. The van der Waals surface area contributed by atoms with Crippen LogP contribution in [0.15, 0.2) is 0 Å². The molecule has 0 aromatic carbocycles. The van der Waals surface area contributed by atoms with Gasteiger partial charge in [0.1, 0.15) is 6.54 Å². The number of carbonyl (C=O) groups is 3. The molecule has 8 heteroatoms. The van der Waals surface area contributed by atoms with E-state index >= 15 is 0 Å². The third-order valence-electron chi connectivity index (χ3n) is 2.27. The van der Waals surface area contributed by atoms with E-state index in [0.29, 0.717) is 0 Å². The number of hydrogen-bond donors (Lipinski definition) is 3. The Morgan fingerprint density at radius 1 is 1.28 bits per heavy atom. The maximum Gasteiger partial charge on any atom is 0.328 e. The molecule has 0 radical (unpaired) electrons. The Morgan fingerprint density at radius 2 is 1.83 bits per heavy atom. The zero-order valence-corrected chi connectivity index (χ0v) is 10.7. The summed E-state index contributed by atoms with van der Waals surface area (Å²) in [6, 6.07) is -2.07. The molecule has 0 aliphatic heterocycles. The number of rotatable bonds is 6. The van der Waals surface area contributed by atoms with Gasteiger partial charge in [-0.3, -0.25) is 4.79 Å². The summed E-state index contributed by atoms with van der Waals surface area (Å²) in [7, 11) is 3.11. The second kappa shape index (κ2) is 7.49. The van der Waals surface area contributed by atoms with Crippen molar-refractivity contribution in [1.82, 2.24) is 15.1 Å². The summed E-state index contributed by atoms with van der Waals surface area (Å²) in [4.78, 5) is 36.2. The van der Waals surface area contributed by atoms with Crippen molar-refractivity contribution in [3.63, 3.8) is 0 Å². The topological polar surface area (TPSA) is 110 Å². The molecule has 0 rings (SSSR count). The molecular formula is C10H19N3O5. The van der Waals surface area contributed by atoms with Crippen LogP contribution in [0.3, 0.4) is 0 Å². The average molecular weight is 261 g/mol. The molecule has 1 atom stereocenters. The Bertz CT molecular complexity index is 319. The number of nitrogens with zero attached hydrogens (tertiary/aromatic N) is 2. The van der Waals surface area contributed by atoms with Crippen molar-refractivity contribution in [3.05, 3.63) is 0 Å². The molecule has 0 aromatic rings. The Labute approximate surface area is 105 Å². The summed E-state index contributed by atoms with van der Waals surface area (Å²) in [5.74, 6) is -1.61. The summed E-state index contributed by atoms with van der Waals surface area (Å²) in [5.41, 5.74) is 0. The van der Waals surface area contributed by atoms with E-state index in [0.717, 1.165) is 4.90 Å². The molecule has 3 amide bonds. The molecule has 0 saturated heterocycles. The maximum absolute atomic E-state index is 11.7. The van der Waals surface area contributed by atoms with Crippen LogP contribution in [0.5, 0.6) is 0 Å². The first kappa shape index (κ1) is 16.2. The van der Waals surface area contributed by atoms with Crippen molar-refractivity contribution >= 4 is 17.9 Å². The van der Waals surface area contributed by atoms with E-state index in [2.05, 4.69) is 5.32 Å². The van der Waals surface area contributed by atoms with Crippen LogP contribution in [-0.4, -0.2) is 77.8 Å². The van der Waals surface area contributed by atoms with Gasteiger partial charge in [-0.1, -0.05) is 0 Å². The largest absolute Gasteiger partial charge is 0.480 e. The predicted octanol–water partition coefficient (Wildman–Crippen LogP) is -1.45. The second-order valence-electron chi connectivity index (χ2n) is 3.83. The number of carboxylic acids is 1. The van der Waals surface area contributed by atoms with Crippen molar-refractivity contribution < 1.29 is 24.6 Å². The van der Waals surface area contributed by atoms with Gasteiger partial charge >= 0.3 is 12.0 Å². The molecule has 0 aliphatic rings. The van der Waals surface area contributed by atoms with Crippen LogP contribution in [-0.2, 0) is 9.59 Å². The first-order valence-electron chi connectivity index (χ1n) is 5.42. The van der Waals surface area contributed by atoms with Gasteiger partial charge in [0.05, 0.1) is 6.61 Å². The number of likely N-dealkylation sites (N-methyl/N-ethyl adjacent to an activating group) is 2. The summed E-state index contributed by atoms with van der Waals surface area (Å²) >= 11 is 0. The molecule has 18 heavy (non-hydrogen) atoms. The summed E-state index contributed by atoms with van der Waals surface area (Å²) < 4.78 is 0. The highest BCUT2D eigenvalue weighted by molar-refractivity contribution is 5.86. The first-order chi connectivity index (χ1) is 8.33. The van der Waals surface area contributed by atoms with Crippen LogP contribution in [0, 0.1) is 0 Å². The highest BCUT2D eigenvalue weighted by Gasteiger charge is 2.23. The van der Waals surface area contributed by atoms with Gasteiger partial charge in [-0.25, -0.2) is 9.59 Å². The fourth-order valence-electron chi connectivity index (χ4n) is 1.06. The lowest BCUT2D eigenvalue weighted by Crippen LogP contribution is -2.51. The second-order valence-corrected chi connectivity index (χ2v) is 3.83. The van der Waals surface area contributed by atoms with Crippen LogP contribution in [0.4, 0.5) is 4.79 Å². The van der Waals surface area contributed by atoms with Gasteiger partial charge in [-0.15, -0.1) is 0 Å². The Morgan fingerprint density at radius 3 is 2.17 bits per heavy atom. The van der Waals surface area contributed by atoms with Gasteiger partial charge < -0.3 is 25.3 Å². The van der Waals surface area contributed by atoms with Gasteiger partial charge in [-0.2, -0.15) is 0 Å². The summed E-state index contributed by atoms with van der Waals surface area (Å²) in [6.45, 7) is 1.06. The number of hydrogen-bond acceptors (Lipinski definition) is 4. The van der Waals surface area contributed by atoms with E-state index in [1.807, 2.05) is 0 Å². The quantitative estimate of drug-likeness (QED) is 0.542. The third kappa shape index (κ3) is 5.00. The number of aliphatic hydroxyl groups excluding tert-OH is 1. The molecule has 0 spiro atoms. The SMILES string of the molecule is CCN(CC(=O)N(C)C)C(=O)NC(CO)C(=O)O. The monoisotopic (exact) mass is 261 g/mol. The smallest absolute Gasteiger partial charge is 0.328 e. The van der Waals surface area contributed by atoms with E-state index in [1.54, 1.807) is 21.0 Å². The van der Waals surface area contributed by atoms with Crippen LogP contribution < -0.4 is 5.32 Å². The molecule has 3 N–H and O–H groups in total. The van der Waals surface area contributed by atoms with Crippen molar-refractivity contribution in [2.75, 3.05) is 33.8 Å². The number of urea groups is 1. The lowest BCUT2D eigenvalue weighted by Gasteiger charge is -2.24. The molecule has 104 valence electrons. The van der Waals surface area contributed by atoms with Crippen LogP contribution >= 0.6 is 0 Å². The molecule has 0 fully saturated rings. The maximum atomic E-state index is 11.7. The van der Waals surface area contributed by atoms with E-state index in [-0.39, 0.29) is 19.0 Å². The number of carbonyl (C=O) groups excluding carboxylic acids is 2. The molecular weight excluding hydrogens is 242 g/mol. The van der Waals surface area contributed by atoms with Crippen LogP contribution in [0.2, 0.25) is 0 Å². The number of amides is 3. The molecule has 0 bridgehead atoms. The summed E-state index contributed by atoms with van der Waals surface area (Å²) in [5, 5.41) is 19.6. The van der Waals surface area contributed by atoms with E-state index in [4.69, 9.17) is 10.2 Å². The molecule has 0 aliphatic carbocycles. The van der Waals surface area contributed by atoms with Crippen molar-refractivity contribution in [2.45, 2.75) is 13.0 Å². The highest BCUT2D eigenvalue weighted by Crippen LogP contribution is 1.94. The Balaban J connectivity index is 4.52. The van der Waals surface area contributed by atoms with E-state index in [9.17, 15) is 14.4 Å².